The predicted molar refractivity (Wildman–Crippen MR) is 85.3 cm³/mol. The van der Waals surface area contributed by atoms with Crippen LogP contribution in [0.3, 0.4) is 0 Å². The number of nitrogens with zero attached hydrogens (tertiary/aromatic N) is 1. The van der Waals surface area contributed by atoms with Crippen LogP contribution < -0.4 is 5.43 Å². The fraction of sp³-hybridized carbons (Fsp3) is 0.529. The number of rotatable bonds is 3. The molecule has 1 fully saturated rings. The van der Waals surface area contributed by atoms with Gasteiger partial charge in [-0.25, -0.2) is 15.2 Å². The summed E-state index contributed by atoms with van der Waals surface area (Å²) in [4.78, 5) is 24.2. The molecule has 0 radical (unpaired) electrons. The van der Waals surface area contributed by atoms with E-state index in [1.807, 2.05) is 51.1 Å². The lowest BCUT2D eigenvalue weighted by Crippen LogP contribution is -2.56. The Bertz CT molecular complexity index is 539. The number of hydrogen-bond acceptors (Lipinski definition) is 5. The predicted octanol–water partition coefficient (Wildman–Crippen LogP) is 2.63. The summed E-state index contributed by atoms with van der Waals surface area (Å²) in [5.74, 6) is -0.349. The highest BCUT2D eigenvalue weighted by Crippen LogP contribution is 2.15. The van der Waals surface area contributed by atoms with E-state index in [1.165, 1.54) is 5.01 Å². The zero-order chi connectivity index (χ0) is 16.9. The normalized spacial score (nSPS) is 18.4. The van der Waals surface area contributed by atoms with Crippen molar-refractivity contribution in [3.63, 3.8) is 0 Å². The van der Waals surface area contributed by atoms with E-state index in [4.69, 9.17) is 9.47 Å². The maximum absolute atomic E-state index is 12.1. The molecule has 126 valence electrons. The van der Waals surface area contributed by atoms with E-state index in [2.05, 4.69) is 5.43 Å². The van der Waals surface area contributed by atoms with Crippen LogP contribution in [-0.4, -0.2) is 35.3 Å². The molecule has 1 N–H and O–H groups in total. The number of esters is 1. The van der Waals surface area contributed by atoms with E-state index in [0.717, 1.165) is 12.0 Å². The van der Waals surface area contributed by atoms with E-state index >= 15 is 0 Å². The van der Waals surface area contributed by atoms with Gasteiger partial charge in [0.15, 0.2) is 0 Å². The molecule has 1 heterocycles. The summed E-state index contributed by atoms with van der Waals surface area (Å²) in [5, 5.41) is 1.35. The van der Waals surface area contributed by atoms with Gasteiger partial charge in [-0.05, 0) is 39.2 Å². The molecule has 0 spiro atoms. The van der Waals surface area contributed by atoms with Crippen LogP contribution in [0.15, 0.2) is 30.3 Å². The number of carbonyl (C=O) groups excluding carboxylic acids is 2. The lowest BCUT2D eigenvalue weighted by Gasteiger charge is -2.33. The van der Waals surface area contributed by atoms with Crippen molar-refractivity contribution in [2.75, 3.05) is 6.54 Å². The van der Waals surface area contributed by atoms with E-state index in [0.29, 0.717) is 13.0 Å². The van der Waals surface area contributed by atoms with Crippen molar-refractivity contribution in [1.82, 2.24) is 10.4 Å². The largest absolute Gasteiger partial charge is 0.459 e. The highest BCUT2D eigenvalue weighted by atomic mass is 16.6. The minimum Gasteiger partial charge on any atom is -0.459 e. The standard InChI is InChI=1S/C17H24N2O4/c1-17(2,3)23-15(20)14-10-7-11-19(18-14)16(21)22-12-13-8-5-4-6-9-13/h4-6,8-9,14,18H,7,10-12H2,1-3H3/t14-/m0/s1. The number of hydrazine groups is 1. The van der Waals surface area contributed by atoms with Crippen LogP contribution in [0.4, 0.5) is 4.79 Å². The zero-order valence-electron chi connectivity index (χ0n) is 13.9. The molecule has 1 saturated heterocycles. The second kappa shape index (κ2) is 7.46. The average molecular weight is 320 g/mol. The highest BCUT2D eigenvalue weighted by Gasteiger charge is 2.31. The number of benzene rings is 1. The molecule has 23 heavy (non-hydrogen) atoms. The Morgan fingerprint density at radius 3 is 2.61 bits per heavy atom. The molecule has 1 aromatic rings. The summed E-state index contributed by atoms with van der Waals surface area (Å²) in [6, 6.07) is 8.94. The molecule has 2 rings (SSSR count). The Labute approximate surface area is 136 Å². The lowest BCUT2D eigenvalue weighted by atomic mass is 10.1. The minimum atomic E-state index is -0.547. The van der Waals surface area contributed by atoms with Crippen molar-refractivity contribution < 1.29 is 19.1 Å². The van der Waals surface area contributed by atoms with Gasteiger partial charge in [-0.15, -0.1) is 0 Å². The third-order valence-electron chi connectivity index (χ3n) is 3.30. The van der Waals surface area contributed by atoms with Crippen molar-refractivity contribution in [2.45, 2.75) is 51.9 Å². The van der Waals surface area contributed by atoms with Gasteiger partial charge in [-0.3, -0.25) is 4.79 Å². The van der Waals surface area contributed by atoms with Gasteiger partial charge >= 0.3 is 12.1 Å². The Hall–Kier alpha value is -2.08. The minimum absolute atomic E-state index is 0.203. The number of carbonyl (C=O) groups is 2. The van der Waals surface area contributed by atoms with Gasteiger partial charge in [0, 0.05) is 6.54 Å². The molecule has 1 aliphatic heterocycles. The van der Waals surface area contributed by atoms with Gasteiger partial charge < -0.3 is 9.47 Å². The first kappa shape index (κ1) is 17.3. The fourth-order valence-electron chi connectivity index (χ4n) is 2.26. The molecule has 1 atom stereocenters. The second-order valence-electron chi connectivity index (χ2n) is 6.55. The van der Waals surface area contributed by atoms with Crippen LogP contribution in [0.1, 0.15) is 39.2 Å². The molecular weight excluding hydrogens is 296 g/mol. The number of amides is 1. The first-order valence-corrected chi connectivity index (χ1v) is 7.82. The van der Waals surface area contributed by atoms with Crippen LogP contribution in [0, 0.1) is 0 Å². The van der Waals surface area contributed by atoms with Gasteiger partial charge in [0.05, 0.1) is 0 Å². The second-order valence-corrected chi connectivity index (χ2v) is 6.55. The topological polar surface area (TPSA) is 67.9 Å². The van der Waals surface area contributed by atoms with Crippen LogP contribution >= 0.6 is 0 Å². The summed E-state index contributed by atoms with van der Waals surface area (Å²) < 4.78 is 10.6. The maximum atomic E-state index is 12.1. The molecule has 6 nitrogen and oxygen atoms in total. The van der Waals surface area contributed by atoms with Crippen LogP contribution in [-0.2, 0) is 20.9 Å². The molecular formula is C17H24N2O4. The summed E-state index contributed by atoms with van der Waals surface area (Å²) >= 11 is 0. The first-order valence-electron chi connectivity index (χ1n) is 7.82. The molecule has 0 aliphatic carbocycles. The van der Waals surface area contributed by atoms with Gasteiger partial charge in [-0.2, -0.15) is 0 Å². The van der Waals surface area contributed by atoms with Crippen molar-refractivity contribution in [1.29, 1.82) is 0 Å². The van der Waals surface area contributed by atoms with Gasteiger partial charge in [0.2, 0.25) is 0 Å². The van der Waals surface area contributed by atoms with Crippen molar-refractivity contribution >= 4 is 12.1 Å². The Balaban J connectivity index is 1.85. The number of nitrogens with one attached hydrogen (secondary N) is 1. The van der Waals surface area contributed by atoms with E-state index in [1.54, 1.807) is 0 Å². The van der Waals surface area contributed by atoms with Gasteiger partial charge in [-0.1, -0.05) is 30.3 Å². The molecule has 1 aliphatic rings. The number of ether oxygens (including phenoxy) is 2. The third-order valence-corrected chi connectivity index (χ3v) is 3.30. The Morgan fingerprint density at radius 1 is 1.26 bits per heavy atom. The van der Waals surface area contributed by atoms with Crippen LogP contribution in [0.5, 0.6) is 0 Å². The third kappa shape index (κ3) is 5.56. The molecule has 1 amide bonds. The van der Waals surface area contributed by atoms with Gasteiger partial charge in [0.1, 0.15) is 18.2 Å². The first-order chi connectivity index (χ1) is 10.8. The molecule has 0 unspecified atom stereocenters. The van der Waals surface area contributed by atoms with E-state index in [9.17, 15) is 9.59 Å². The maximum Gasteiger partial charge on any atom is 0.424 e. The molecule has 0 bridgehead atoms. The average Bonchev–Trinajstić information content (AvgIpc) is 2.52. The van der Waals surface area contributed by atoms with E-state index in [-0.39, 0.29) is 12.6 Å². The summed E-state index contributed by atoms with van der Waals surface area (Å²) in [6.45, 7) is 6.17. The summed E-state index contributed by atoms with van der Waals surface area (Å²) in [5.41, 5.74) is 3.27. The molecule has 0 aromatic heterocycles. The van der Waals surface area contributed by atoms with Crippen molar-refractivity contribution in [2.24, 2.45) is 0 Å². The molecule has 1 aromatic carbocycles. The smallest absolute Gasteiger partial charge is 0.424 e. The molecule has 6 heteroatoms. The SMILES string of the molecule is CC(C)(C)OC(=O)[C@@H]1CCCN(C(=O)OCc2ccccc2)N1. The van der Waals surface area contributed by atoms with Crippen LogP contribution in [0.25, 0.3) is 0 Å². The highest BCUT2D eigenvalue weighted by molar-refractivity contribution is 5.77. The lowest BCUT2D eigenvalue weighted by molar-refractivity contribution is -0.160. The summed E-state index contributed by atoms with van der Waals surface area (Å²) in [7, 11) is 0. The molecule has 0 saturated carbocycles. The van der Waals surface area contributed by atoms with Crippen LogP contribution in [0.2, 0.25) is 0 Å². The monoisotopic (exact) mass is 320 g/mol. The zero-order valence-corrected chi connectivity index (χ0v) is 13.9. The summed E-state index contributed by atoms with van der Waals surface area (Å²) in [6.07, 6.45) is 0.872. The quantitative estimate of drug-likeness (QED) is 0.867. The Kier molecular flexibility index (Phi) is 5.60. The van der Waals surface area contributed by atoms with E-state index < -0.39 is 17.7 Å². The van der Waals surface area contributed by atoms with Crippen molar-refractivity contribution in [3.8, 4) is 0 Å². The van der Waals surface area contributed by atoms with Crippen molar-refractivity contribution in [3.05, 3.63) is 35.9 Å². The fourth-order valence-corrected chi connectivity index (χ4v) is 2.26. The number of hydrogen-bond donors (Lipinski definition) is 1. The van der Waals surface area contributed by atoms with Gasteiger partial charge in [0.25, 0.3) is 0 Å². The Morgan fingerprint density at radius 2 is 1.96 bits per heavy atom.